The number of para-hydroxylation sites is 2. The maximum absolute atomic E-state index is 4.68. The molecule has 0 unspecified atom stereocenters. The fraction of sp³-hybridized carbons (Fsp3) is 0.263. The van der Waals surface area contributed by atoms with E-state index in [1.165, 1.54) is 0 Å². The van der Waals surface area contributed by atoms with E-state index in [0.29, 0.717) is 0 Å². The second kappa shape index (κ2) is 6.81. The van der Waals surface area contributed by atoms with Crippen molar-refractivity contribution in [1.29, 1.82) is 0 Å². The number of nitrogens with one attached hydrogen (secondary N) is 1. The van der Waals surface area contributed by atoms with Gasteiger partial charge in [0.25, 0.3) is 0 Å². The molecule has 1 N–H and O–H groups in total. The highest BCUT2D eigenvalue weighted by Gasteiger charge is 2.19. The molecule has 4 aromatic rings. The summed E-state index contributed by atoms with van der Waals surface area (Å²) in [6.07, 6.45) is 5.24. The number of aromatic nitrogens is 6. The van der Waals surface area contributed by atoms with Gasteiger partial charge in [-0.05, 0) is 18.2 Å². The zero-order valence-electron chi connectivity index (χ0n) is 14.9. The number of hydrogen-bond donors (Lipinski definition) is 1. The second-order valence-corrected chi connectivity index (χ2v) is 6.65. The van der Waals surface area contributed by atoms with Crippen molar-refractivity contribution in [3.05, 3.63) is 60.9 Å². The summed E-state index contributed by atoms with van der Waals surface area (Å²) in [5.41, 5.74) is 2.12. The number of anilines is 1. The van der Waals surface area contributed by atoms with Crippen LogP contribution in [0.2, 0.25) is 0 Å². The van der Waals surface area contributed by atoms with Gasteiger partial charge in [-0.25, -0.2) is 19.6 Å². The lowest BCUT2D eigenvalue weighted by Gasteiger charge is -2.34. The predicted molar refractivity (Wildman–Crippen MR) is 103 cm³/mol. The Morgan fingerprint density at radius 2 is 1.81 bits per heavy atom. The third-order valence-electron chi connectivity index (χ3n) is 4.89. The molecule has 0 spiro atoms. The monoisotopic (exact) mass is 360 g/mol. The Bertz CT molecular complexity index is 998. The fourth-order valence-electron chi connectivity index (χ4n) is 3.47. The number of rotatable bonds is 4. The van der Waals surface area contributed by atoms with E-state index >= 15 is 0 Å². The Hall–Kier alpha value is -3.26. The summed E-state index contributed by atoms with van der Waals surface area (Å²) in [5, 5.41) is 4.24. The number of hydrogen-bond acceptors (Lipinski definition) is 6. The van der Waals surface area contributed by atoms with E-state index in [1.807, 2.05) is 36.5 Å². The highest BCUT2D eigenvalue weighted by molar-refractivity contribution is 5.74. The molecule has 8 nitrogen and oxygen atoms in total. The average molecular weight is 360 g/mol. The Morgan fingerprint density at radius 1 is 0.963 bits per heavy atom. The Morgan fingerprint density at radius 3 is 2.63 bits per heavy atom. The van der Waals surface area contributed by atoms with Crippen molar-refractivity contribution in [3.63, 3.8) is 0 Å². The van der Waals surface area contributed by atoms with Gasteiger partial charge in [-0.2, -0.15) is 5.10 Å². The first-order chi connectivity index (χ1) is 13.3. The first-order valence-corrected chi connectivity index (χ1v) is 9.08. The van der Waals surface area contributed by atoms with Crippen LogP contribution in [-0.2, 0) is 6.54 Å². The number of fused-ring (bicyclic) bond motifs is 1. The minimum absolute atomic E-state index is 0.787. The molecule has 0 amide bonds. The van der Waals surface area contributed by atoms with E-state index in [9.17, 15) is 0 Å². The van der Waals surface area contributed by atoms with Crippen LogP contribution in [0.1, 0.15) is 5.82 Å². The van der Waals surface area contributed by atoms with Crippen molar-refractivity contribution in [3.8, 4) is 5.82 Å². The molecule has 1 aromatic carbocycles. The summed E-state index contributed by atoms with van der Waals surface area (Å²) in [6.45, 7) is 4.63. The number of imidazole rings is 1. The van der Waals surface area contributed by atoms with Crippen LogP contribution in [0.3, 0.4) is 0 Å². The lowest BCUT2D eigenvalue weighted by atomic mass is 10.3. The van der Waals surface area contributed by atoms with E-state index in [-0.39, 0.29) is 0 Å². The smallest absolute Gasteiger partial charge is 0.158 e. The number of benzene rings is 1. The molecule has 1 saturated heterocycles. The van der Waals surface area contributed by atoms with Crippen LogP contribution >= 0.6 is 0 Å². The van der Waals surface area contributed by atoms with Crippen LogP contribution in [0.5, 0.6) is 0 Å². The van der Waals surface area contributed by atoms with Crippen molar-refractivity contribution in [1.82, 2.24) is 34.6 Å². The van der Waals surface area contributed by atoms with Crippen molar-refractivity contribution in [2.45, 2.75) is 6.54 Å². The lowest BCUT2D eigenvalue weighted by Crippen LogP contribution is -2.46. The van der Waals surface area contributed by atoms with Crippen LogP contribution in [0.25, 0.3) is 16.9 Å². The molecule has 4 heterocycles. The molecule has 0 aliphatic carbocycles. The molecular formula is C19H20N8. The van der Waals surface area contributed by atoms with E-state index in [4.69, 9.17) is 0 Å². The summed E-state index contributed by atoms with van der Waals surface area (Å²) in [5.74, 6) is 2.75. The second-order valence-electron chi connectivity index (χ2n) is 6.65. The average Bonchev–Trinajstić information content (AvgIpc) is 3.38. The Labute approximate surface area is 156 Å². The fourth-order valence-corrected chi connectivity index (χ4v) is 3.47. The topological polar surface area (TPSA) is 78.8 Å². The van der Waals surface area contributed by atoms with E-state index < -0.39 is 0 Å². The van der Waals surface area contributed by atoms with Crippen LogP contribution in [0.15, 0.2) is 55.1 Å². The molecule has 1 aliphatic heterocycles. The van der Waals surface area contributed by atoms with Crippen LogP contribution in [-0.4, -0.2) is 60.8 Å². The van der Waals surface area contributed by atoms with Gasteiger partial charge in [-0.3, -0.25) is 4.90 Å². The Balaban J connectivity index is 1.24. The van der Waals surface area contributed by atoms with Gasteiger partial charge in [0.1, 0.15) is 18.0 Å². The van der Waals surface area contributed by atoms with Crippen LogP contribution < -0.4 is 4.90 Å². The number of H-pyrrole nitrogens is 1. The molecule has 3 aromatic heterocycles. The van der Waals surface area contributed by atoms with E-state index in [0.717, 1.165) is 61.2 Å². The highest BCUT2D eigenvalue weighted by atomic mass is 15.3. The Kier molecular flexibility index (Phi) is 4.02. The molecule has 0 radical (unpaired) electrons. The van der Waals surface area contributed by atoms with Crippen LogP contribution in [0.4, 0.5) is 5.82 Å². The minimum atomic E-state index is 0.787. The van der Waals surface area contributed by atoms with Crippen molar-refractivity contribution < 1.29 is 0 Å². The zero-order chi connectivity index (χ0) is 18.1. The maximum atomic E-state index is 4.68. The molecule has 5 rings (SSSR count). The molecule has 1 aliphatic rings. The van der Waals surface area contributed by atoms with Crippen LogP contribution in [0, 0.1) is 0 Å². The quantitative estimate of drug-likeness (QED) is 0.598. The molecule has 0 bridgehead atoms. The summed E-state index contributed by atoms with van der Waals surface area (Å²) in [6, 6.07) is 12.0. The number of nitrogens with zero attached hydrogens (tertiary/aromatic N) is 7. The largest absolute Gasteiger partial charge is 0.354 e. The van der Waals surface area contributed by atoms with Gasteiger partial charge in [-0.15, -0.1) is 0 Å². The normalized spacial score (nSPS) is 15.5. The molecule has 27 heavy (non-hydrogen) atoms. The van der Waals surface area contributed by atoms with Gasteiger partial charge < -0.3 is 9.88 Å². The van der Waals surface area contributed by atoms with E-state index in [1.54, 1.807) is 17.2 Å². The van der Waals surface area contributed by atoms with Crippen molar-refractivity contribution in [2.24, 2.45) is 0 Å². The summed E-state index contributed by atoms with van der Waals surface area (Å²) >= 11 is 0. The van der Waals surface area contributed by atoms with Gasteiger partial charge in [0.2, 0.25) is 0 Å². The summed E-state index contributed by atoms with van der Waals surface area (Å²) < 4.78 is 1.75. The lowest BCUT2D eigenvalue weighted by molar-refractivity contribution is 0.244. The first kappa shape index (κ1) is 16.0. The summed E-state index contributed by atoms with van der Waals surface area (Å²) in [7, 11) is 0. The van der Waals surface area contributed by atoms with Crippen molar-refractivity contribution >= 4 is 16.9 Å². The minimum Gasteiger partial charge on any atom is -0.354 e. The maximum Gasteiger partial charge on any atom is 0.158 e. The van der Waals surface area contributed by atoms with Gasteiger partial charge >= 0.3 is 0 Å². The third kappa shape index (κ3) is 3.26. The predicted octanol–water partition coefficient (Wildman–Crippen LogP) is 1.86. The van der Waals surface area contributed by atoms with Gasteiger partial charge in [0, 0.05) is 44.6 Å². The molecule has 8 heteroatoms. The highest BCUT2D eigenvalue weighted by Crippen LogP contribution is 2.17. The molecule has 136 valence electrons. The van der Waals surface area contributed by atoms with E-state index in [2.05, 4.69) is 40.9 Å². The first-order valence-electron chi connectivity index (χ1n) is 9.08. The molecule has 0 saturated carbocycles. The van der Waals surface area contributed by atoms with Gasteiger partial charge in [0.15, 0.2) is 5.82 Å². The molecular weight excluding hydrogens is 340 g/mol. The zero-order valence-corrected chi connectivity index (χ0v) is 14.9. The number of piperazine rings is 1. The summed E-state index contributed by atoms with van der Waals surface area (Å²) in [4.78, 5) is 21.6. The number of aromatic amines is 1. The standard InChI is InChI=1S/C19H20N8/c1-2-5-16-15(4-1)23-17(24-16)13-25-8-10-26(11-9-25)18-12-19(21-14-20-18)27-7-3-6-22-27/h1-7,12,14H,8-11,13H2,(H,23,24). The third-order valence-corrected chi connectivity index (χ3v) is 4.89. The SMILES string of the molecule is c1ccc2[nH]c(CN3CCN(c4cc(-n5cccn5)ncn4)CC3)nc2c1. The van der Waals surface area contributed by atoms with Gasteiger partial charge in [0.05, 0.1) is 17.6 Å². The molecule has 1 fully saturated rings. The molecule has 0 atom stereocenters. The van der Waals surface area contributed by atoms with Gasteiger partial charge in [-0.1, -0.05) is 12.1 Å². The van der Waals surface area contributed by atoms with Crippen molar-refractivity contribution in [2.75, 3.05) is 31.1 Å².